The number of rotatable bonds is 3. The van der Waals surface area contributed by atoms with Crippen molar-refractivity contribution in [2.45, 2.75) is 44.0 Å². The second kappa shape index (κ2) is 5.61. The van der Waals surface area contributed by atoms with E-state index in [-0.39, 0.29) is 12.0 Å². The quantitative estimate of drug-likeness (QED) is 0.726. The van der Waals surface area contributed by atoms with Gasteiger partial charge in [0.2, 0.25) is 0 Å². The van der Waals surface area contributed by atoms with Crippen molar-refractivity contribution >= 4 is 17.7 Å². The molecule has 2 unspecified atom stereocenters. The standard InChI is InChI=1S/C10H19NO2S/c1-7(10(12)13-3)11-9-5-4-6-14-8(9)2/h7-9,11H,4-6H2,1-3H3/t7-,8?,9?/m0/s1. The summed E-state index contributed by atoms with van der Waals surface area (Å²) in [4.78, 5) is 11.2. The first-order valence-electron chi connectivity index (χ1n) is 5.10. The third-order valence-electron chi connectivity index (χ3n) is 2.63. The molecule has 1 N–H and O–H groups in total. The van der Waals surface area contributed by atoms with Crippen LogP contribution in [0.25, 0.3) is 0 Å². The molecule has 82 valence electrons. The largest absolute Gasteiger partial charge is 0.468 e. The molecule has 0 aromatic rings. The van der Waals surface area contributed by atoms with Gasteiger partial charge < -0.3 is 10.1 Å². The molecule has 14 heavy (non-hydrogen) atoms. The Balaban J connectivity index is 2.38. The van der Waals surface area contributed by atoms with Crippen LogP contribution in [-0.4, -0.2) is 36.2 Å². The fraction of sp³-hybridized carbons (Fsp3) is 0.900. The first kappa shape index (κ1) is 11.9. The lowest BCUT2D eigenvalue weighted by molar-refractivity contribution is -0.142. The Bertz CT molecular complexity index is 199. The van der Waals surface area contributed by atoms with Crippen LogP contribution in [0.1, 0.15) is 26.7 Å². The van der Waals surface area contributed by atoms with Gasteiger partial charge >= 0.3 is 5.97 Å². The lowest BCUT2D eigenvalue weighted by Crippen LogP contribution is -2.47. The van der Waals surface area contributed by atoms with Gasteiger partial charge in [-0.25, -0.2) is 0 Å². The lowest BCUT2D eigenvalue weighted by atomic mass is 10.1. The molecular weight excluding hydrogens is 198 g/mol. The first-order valence-corrected chi connectivity index (χ1v) is 6.15. The molecule has 0 saturated carbocycles. The molecule has 1 fully saturated rings. The summed E-state index contributed by atoms with van der Waals surface area (Å²) in [6.07, 6.45) is 2.40. The van der Waals surface area contributed by atoms with Gasteiger partial charge in [0.1, 0.15) is 6.04 Å². The van der Waals surface area contributed by atoms with Crippen LogP contribution in [0.5, 0.6) is 0 Å². The number of carbonyl (C=O) groups excluding carboxylic acids is 1. The number of methoxy groups -OCH3 is 1. The average Bonchev–Trinajstić information content (AvgIpc) is 2.20. The smallest absolute Gasteiger partial charge is 0.322 e. The zero-order chi connectivity index (χ0) is 10.6. The van der Waals surface area contributed by atoms with E-state index in [1.807, 2.05) is 18.7 Å². The SMILES string of the molecule is COC(=O)[C@H](C)NC1CCCSC1C. The topological polar surface area (TPSA) is 38.3 Å². The summed E-state index contributed by atoms with van der Waals surface area (Å²) in [5.41, 5.74) is 0. The second-order valence-electron chi connectivity index (χ2n) is 3.74. The van der Waals surface area contributed by atoms with Gasteiger partial charge in [-0.2, -0.15) is 11.8 Å². The van der Waals surface area contributed by atoms with E-state index in [9.17, 15) is 4.79 Å². The molecule has 0 bridgehead atoms. The molecule has 0 spiro atoms. The van der Waals surface area contributed by atoms with Gasteiger partial charge in [-0.15, -0.1) is 0 Å². The van der Waals surface area contributed by atoms with Crippen molar-refractivity contribution in [2.75, 3.05) is 12.9 Å². The molecule has 1 aliphatic rings. The summed E-state index contributed by atoms with van der Waals surface area (Å²) in [6, 6.07) is 0.258. The number of nitrogens with one attached hydrogen (secondary N) is 1. The number of esters is 1. The molecule has 0 amide bonds. The van der Waals surface area contributed by atoms with E-state index in [0.29, 0.717) is 11.3 Å². The Labute approximate surface area is 90.0 Å². The van der Waals surface area contributed by atoms with E-state index in [1.54, 1.807) is 0 Å². The minimum atomic E-state index is -0.189. The molecule has 1 heterocycles. The van der Waals surface area contributed by atoms with Gasteiger partial charge in [-0.1, -0.05) is 6.92 Å². The molecule has 1 rings (SSSR count). The van der Waals surface area contributed by atoms with Gasteiger partial charge in [0.15, 0.2) is 0 Å². The molecule has 0 aliphatic carbocycles. The van der Waals surface area contributed by atoms with Gasteiger partial charge in [-0.3, -0.25) is 4.79 Å². The van der Waals surface area contributed by atoms with Crippen LogP contribution in [0.15, 0.2) is 0 Å². The van der Waals surface area contributed by atoms with Crippen molar-refractivity contribution in [3.63, 3.8) is 0 Å². The van der Waals surface area contributed by atoms with Crippen LogP contribution in [0.3, 0.4) is 0 Å². The molecule has 4 heteroatoms. The molecule has 3 atom stereocenters. The number of thioether (sulfide) groups is 1. The Morgan fingerprint density at radius 2 is 2.36 bits per heavy atom. The number of hydrogen-bond donors (Lipinski definition) is 1. The highest BCUT2D eigenvalue weighted by molar-refractivity contribution is 7.99. The first-order chi connectivity index (χ1) is 6.65. The van der Waals surface area contributed by atoms with Gasteiger partial charge in [0.25, 0.3) is 0 Å². The number of hydrogen-bond acceptors (Lipinski definition) is 4. The predicted molar refractivity (Wildman–Crippen MR) is 59.6 cm³/mol. The Morgan fingerprint density at radius 3 is 2.93 bits per heavy atom. The molecule has 1 saturated heterocycles. The molecule has 3 nitrogen and oxygen atoms in total. The van der Waals surface area contributed by atoms with Crippen molar-refractivity contribution in [2.24, 2.45) is 0 Å². The minimum absolute atomic E-state index is 0.173. The van der Waals surface area contributed by atoms with Crippen LogP contribution in [0.2, 0.25) is 0 Å². The zero-order valence-electron chi connectivity index (χ0n) is 9.08. The van der Waals surface area contributed by atoms with Crippen molar-refractivity contribution in [1.29, 1.82) is 0 Å². The third-order valence-corrected chi connectivity index (χ3v) is 4.00. The summed E-state index contributed by atoms with van der Waals surface area (Å²) in [6.45, 7) is 4.07. The van der Waals surface area contributed by atoms with Crippen molar-refractivity contribution in [1.82, 2.24) is 5.32 Å². The van der Waals surface area contributed by atoms with Crippen LogP contribution in [0.4, 0.5) is 0 Å². The van der Waals surface area contributed by atoms with Crippen LogP contribution < -0.4 is 5.32 Å². The summed E-state index contributed by atoms with van der Waals surface area (Å²) >= 11 is 1.97. The summed E-state index contributed by atoms with van der Waals surface area (Å²) in [5.74, 6) is 1.07. The van der Waals surface area contributed by atoms with Crippen LogP contribution in [-0.2, 0) is 9.53 Å². The van der Waals surface area contributed by atoms with E-state index < -0.39 is 0 Å². The fourth-order valence-corrected chi connectivity index (χ4v) is 2.86. The van der Waals surface area contributed by atoms with Crippen molar-refractivity contribution < 1.29 is 9.53 Å². The Hall–Kier alpha value is -0.220. The normalized spacial score (nSPS) is 29.6. The van der Waals surface area contributed by atoms with Gasteiger partial charge in [-0.05, 0) is 25.5 Å². The van der Waals surface area contributed by atoms with Gasteiger partial charge in [0, 0.05) is 11.3 Å². The van der Waals surface area contributed by atoms with E-state index in [0.717, 1.165) is 6.42 Å². The molecule has 1 aliphatic heterocycles. The lowest BCUT2D eigenvalue weighted by Gasteiger charge is -2.30. The third kappa shape index (κ3) is 3.17. The summed E-state index contributed by atoms with van der Waals surface area (Å²) in [5, 5.41) is 3.92. The molecule has 0 aromatic carbocycles. The van der Waals surface area contributed by atoms with Crippen LogP contribution in [0, 0.1) is 0 Å². The van der Waals surface area contributed by atoms with E-state index >= 15 is 0 Å². The maximum absolute atomic E-state index is 11.2. The van der Waals surface area contributed by atoms with E-state index in [2.05, 4.69) is 17.0 Å². The summed E-state index contributed by atoms with van der Waals surface area (Å²) in [7, 11) is 1.43. The highest BCUT2D eigenvalue weighted by Crippen LogP contribution is 2.25. The summed E-state index contributed by atoms with van der Waals surface area (Å²) < 4.78 is 4.68. The fourth-order valence-electron chi connectivity index (χ4n) is 1.71. The highest BCUT2D eigenvalue weighted by Gasteiger charge is 2.25. The Morgan fingerprint density at radius 1 is 1.64 bits per heavy atom. The maximum Gasteiger partial charge on any atom is 0.322 e. The molecule has 0 radical (unpaired) electrons. The zero-order valence-corrected chi connectivity index (χ0v) is 9.89. The maximum atomic E-state index is 11.2. The molecule has 0 aromatic heterocycles. The van der Waals surface area contributed by atoms with E-state index in [4.69, 9.17) is 0 Å². The Kier molecular flexibility index (Phi) is 4.75. The van der Waals surface area contributed by atoms with E-state index in [1.165, 1.54) is 19.3 Å². The van der Waals surface area contributed by atoms with Crippen molar-refractivity contribution in [3.05, 3.63) is 0 Å². The predicted octanol–water partition coefficient (Wildman–Crippen LogP) is 1.42. The molecular formula is C10H19NO2S. The van der Waals surface area contributed by atoms with Gasteiger partial charge in [0.05, 0.1) is 7.11 Å². The number of ether oxygens (including phenoxy) is 1. The monoisotopic (exact) mass is 217 g/mol. The minimum Gasteiger partial charge on any atom is -0.468 e. The number of carbonyl (C=O) groups is 1. The highest BCUT2D eigenvalue weighted by atomic mass is 32.2. The average molecular weight is 217 g/mol. The van der Waals surface area contributed by atoms with Crippen molar-refractivity contribution in [3.8, 4) is 0 Å². The van der Waals surface area contributed by atoms with Crippen LogP contribution >= 0.6 is 11.8 Å². The second-order valence-corrected chi connectivity index (χ2v) is 5.22.